The van der Waals surface area contributed by atoms with Gasteiger partial charge >= 0.3 is 0 Å². The highest BCUT2D eigenvalue weighted by atomic mass is 19.1. The number of nitroso groups, excluding NO2 is 1. The van der Waals surface area contributed by atoms with E-state index in [1.165, 1.54) is 23.5 Å². The third-order valence-electron chi connectivity index (χ3n) is 3.10. The molecular formula is C15H11FN4O2. The molecule has 1 N–H and O–H groups in total. The fraction of sp³-hybridized carbons (Fsp3) is 0.0667. The van der Waals surface area contributed by atoms with E-state index in [1.54, 1.807) is 24.3 Å². The topological polar surface area (TPSA) is 75.8 Å². The molecule has 0 aliphatic heterocycles. The van der Waals surface area contributed by atoms with E-state index in [1.807, 2.05) is 0 Å². The fourth-order valence-corrected chi connectivity index (χ4v) is 2.23. The van der Waals surface area contributed by atoms with Gasteiger partial charge in [-0.3, -0.25) is 9.20 Å². The standard InChI is InChI=1S/C15H11FN4O2/c1-9(21)17-12-4-2-3-10(7-12)14-15(19-22)20-8-11(16)5-6-13(20)18-14/h2-8H,1H3,(H,17,21). The summed E-state index contributed by atoms with van der Waals surface area (Å²) in [6, 6.07) is 9.57. The van der Waals surface area contributed by atoms with Crippen molar-refractivity contribution in [2.45, 2.75) is 6.92 Å². The van der Waals surface area contributed by atoms with Gasteiger partial charge in [-0.25, -0.2) is 9.37 Å². The van der Waals surface area contributed by atoms with Gasteiger partial charge in [0.2, 0.25) is 11.7 Å². The van der Waals surface area contributed by atoms with Crippen LogP contribution < -0.4 is 5.32 Å². The number of nitrogens with one attached hydrogen (secondary N) is 1. The second-order valence-corrected chi connectivity index (χ2v) is 4.71. The van der Waals surface area contributed by atoms with Gasteiger partial charge in [0.15, 0.2) is 0 Å². The zero-order valence-electron chi connectivity index (χ0n) is 11.6. The number of amides is 1. The smallest absolute Gasteiger partial charge is 0.221 e. The van der Waals surface area contributed by atoms with Crippen molar-refractivity contribution in [2.24, 2.45) is 5.18 Å². The molecule has 1 amide bonds. The first-order valence-corrected chi connectivity index (χ1v) is 6.47. The van der Waals surface area contributed by atoms with Crippen LogP contribution in [0.15, 0.2) is 47.8 Å². The molecule has 0 bridgehead atoms. The minimum absolute atomic E-state index is 0.00877. The zero-order valence-corrected chi connectivity index (χ0v) is 11.6. The minimum atomic E-state index is -0.492. The van der Waals surface area contributed by atoms with E-state index in [0.29, 0.717) is 22.6 Å². The van der Waals surface area contributed by atoms with Gasteiger partial charge in [-0.2, -0.15) is 0 Å². The van der Waals surface area contributed by atoms with Crippen molar-refractivity contribution in [3.8, 4) is 11.3 Å². The van der Waals surface area contributed by atoms with Crippen LogP contribution in [-0.4, -0.2) is 15.3 Å². The van der Waals surface area contributed by atoms with E-state index in [2.05, 4.69) is 15.5 Å². The predicted octanol–water partition coefficient (Wildman–Crippen LogP) is 3.50. The molecule has 22 heavy (non-hydrogen) atoms. The van der Waals surface area contributed by atoms with Crippen LogP contribution in [0.3, 0.4) is 0 Å². The normalized spacial score (nSPS) is 10.6. The lowest BCUT2D eigenvalue weighted by Crippen LogP contribution is -2.05. The number of benzene rings is 1. The predicted molar refractivity (Wildman–Crippen MR) is 80.3 cm³/mol. The van der Waals surface area contributed by atoms with Gasteiger partial charge < -0.3 is 5.32 Å². The van der Waals surface area contributed by atoms with Crippen LogP contribution in [0.2, 0.25) is 0 Å². The number of carbonyl (C=O) groups excluding carboxylic acids is 1. The van der Waals surface area contributed by atoms with Gasteiger partial charge in [0.1, 0.15) is 17.2 Å². The summed E-state index contributed by atoms with van der Waals surface area (Å²) in [6.07, 6.45) is 1.15. The highest BCUT2D eigenvalue weighted by Crippen LogP contribution is 2.32. The fourth-order valence-electron chi connectivity index (χ4n) is 2.23. The SMILES string of the molecule is CC(=O)Nc1cccc(-c2nc3ccc(F)cn3c2N=O)c1. The second-order valence-electron chi connectivity index (χ2n) is 4.71. The third-order valence-corrected chi connectivity index (χ3v) is 3.10. The van der Waals surface area contributed by atoms with E-state index in [4.69, 9.17) is 0 Å². The highest BCUT2D eigenvalue weighted by Gasteiger charge is 2.15. The van der Waals surface area contributed by atoms with Crippen molar-refractivity contribution in [1.82, 2.24) is 9.38 Å². The number of hydrogen-bond donors (Lipinski definition) is 1. The van der Waals surface area contributed by atoms with Crippen molar-refractivity contribution < 1.29 is 9.18 Å². The molecule has 0 saturated heterocycles. The number of rotatable bonds is 3. The summed E-state index contributed by atoms with van der Waals surface area (Å²) in [5.41, 5.74) is 1.92. The van der Waals surface area contributed by atoms with E-state index >= 15 is 0 Å². The first-order valence-electron chi connectivity index (χ1n) is 6.47. The molecule has 3 aromatic rings. The molecule has 0 saturated carbocycles. The number of halogens is 1. The summed E-state index contributed by atoms with van der Waals surface area (Å²) in [5.74, 6) is -0.689. The molecule has 0 spiro atoms. The summed E-state index contributed by atoms with van der Waals surface area (Å²) in [6.45, 7) is 1.40. The summed E-state index contributed by atoms with van der Waals surface area (Å²) in [5, 5.41) is 5.62. The Morgan fingerprint density at radius 1 is 1.32 bits per heavy atom. The maximum atomic E-state index is 13.3. The lowest BCUT2D eigenvalue weighted by molar-refractivity contribution is -0.114. The molecule has 0 aliphatic carbocycles. The average molecular weight is 298 g/mol. The number of hydrogen-bond acceptors (Lipinski definition) is 4. The largest absolute Gasteiger partial charge is 0.326 e. The Morgan fingerprint density at radius 3 is 2.86 bits per heavy atom. The molecule has 0 atom stereocenters. The van der Waals surface area contributed by atoms with Crippen LogP contribution in [0, 0.1) is 10.7 Å². The van der Waals surface area contributed by atoms with Crippen LogP contribution in [0.4, 0.5) is 15.9 Å². The van der Waals surface area contributed by atoms with E-state index < -0.39 is 5.82 Å². The van der Waals surface area contributed by atoms with Crippen molar-refractivity contribution in [3.05, 3.63) is 53.3 Å². The van der Waals surface area contributed by atoms with Crippen LogP contribution in [-0.2, 0) is 4.79 Å². The van der Waals surface area contributed by atoms with Gasteiger partial charge in [0, 0.05) is 24.4 Å². The molecule has 0 radical (unpaired) electrons. The Kier molecular flexibility index (Phi) is 3.38. The van der Waals surface area contributed by atoms with E-state index in [9.17, 15) is 14.1 Å². The van der Waals surface area contributed by atoms with Crippen LogP contribution in [0.1, 0.15) is 6.92 Å². The number of carbonyl (C=O) groups is 1. The Hall–Kier alpha value is -3.09. The molecule has 0 aliphatic rings. The summed E-state index contributed by atoms with van der Waals surface area (Å²) >= 11 is 0. The molecule has 0 unspecified atom stereocenters. The summed E-state index contributed by atoms with van der Waals surface area (Å²) in [7, 11) is 0. The maximum Gasteiger partial charge on any atom is 0.221 e. The van der Waals surface area contributed by atoms with Crippen LogP contribution in [0.25, 0.3) is 16.9 Å². The number of pyridine rings is 1. The number of anilines is 1. The molecule has 1 aromatic carbocycles. The minimum Gasteiger partial charge on any atom is -0.326 e. The van der Waals surface area contributed by atoms with E-state index in [-0.39, 0.29) is 11.7 Å². The quantitative estimate of drug-likeness (QED) is 0.752. The highest BCUT2D eigenvalue weighted by molar-refractivity contribution is 5.90. The van der Waals surface area contributed by atoms with Crippen LogP contribution >= 0.6 is 0 Å². The van der Waals surface area contributed by atoms with Crippen molar-refractivity contribution in [3.63, 3.8) is 0 Å². The molecule has 0 fully saturated rings. The number of imidazole rings is 1. The molecular weight excluding hydrogens is 287 g/mol. The first kappa shape index (κ1) is 13.9. The monoisotopic (exact) mass is 298 g/mol. The van der Waals surface area contributed by atoms with E-state index in [0.717, 1.165) is 6.20 Å². The first-order chi connectivity index (χ1) is 10.6. The lowest BCUT2D eigenvalue weighted by atomic mass is 10.1. The Bertz CT molecular complexity index is 888. The number of aromatic nitrogens is 2. The Labute approximate surface area is 124 Å². The van der Waals surface area contributed by atoms with Gasteiger partial charge in [-0.15, -0.1) is 4.91 Å². The van der Waals surface area contributed by atoms with Crippen molar-refractivity contribution >= 4 is 23.1 Å². The van der Waals surface area contributed by atoms with Crippen molar-refractivity contribution in [2.75, 3.05) is 5.32 Å². The molecule has 110 valence electrons. The average Bonchev–Trinajstić information content (AvgIpc) is 2.84. The molecule has 2 aromatic heterocycles. The zero-order chi connectivity index (χ0) is 15.7. The lowest BCUT2D eigenvalue weighted by Gasteiger charge is -2.04. The van der Waals surface area contributed by atoms with Crippen LogP contribution in [0.5, 0.6) is 0 Å². The maximum absolute atomic E-state index is 13.3. The summed E-state index contributed by atoms with van der Waals surface area (Å²) in [4.78, 5) is 26.6. The Morgan fingerprint density at radius 2 is 2.14 bits per heavy atom. The molecule has 2 heterocycles. The number of nitrogens with zero attached hydrogens (tertiary/aromatic N) is 3. The summed E-state index contributed by atoms with van der Waals surface area (Å²) < 4.78 is 14.6. The third kappa shape index (κ3) is 2.44. The Balaban J connectivity index is 2.17. The molecule has 3 rings (SSSR count). The number of fused-ring (bicyclic) bond motifs is 1. The van der Waals surface area contributed by atoms with Gasteiger partial charge in [-0.1, -0.05) is 12.1 Å². The van der Waals surface area contributed by atoms with Gasteiger partial charge in [0.25, 0.3) is 0 Å². The van der Waals surface area contributed by atoms with Crippen molar-refractivity contribution in [1.29, 1.82) is 0 Å². The van der Waals surface area contributed by atoms with Gasteiger partial charge in [-0.05, 0) is 29.4 Å². The second kappa shape index (κ2) is 5.36. The van der Waals surface area contributed by atoms with Gasteiger partial charge in [0.05, 0.1) is 0 Å². The molecule has 6 nitrogen and oxygen atoms in total. The molecule has 7 heteroatoms.